The van der Waals surface area contributed by atoms with Crippen LogP contribution in [0.5, 0.6) is 5.75 Å². The minimum atomic E-state index is -0.580. The third kappa shape index (κ3) is 4.13. The van der Waals surface area contributed by atoms with Crippen LogP contribution < -0.4 is 10.1 Å². The second kappa shape index (κ2) is 7.82. The molecule has 0 bridgehead atoms. The van der Waals surface area contributed by atoms with E-state index in [4.69, 9.17) is 4.74 Å². The number of carbonyl (C=O) groups excluding carboxylic acids is 1. The van der Waals surface area contributed by atoms with Crippen LogP contribution in [0.25, 0.3) is 11.0 Å². The molecule has 0 spiro atoms. The first-order chi connectivity index (χ1) is 12.9. The van der Waals surface area contributed by atoms with Crippen molar-refractivity contribution in [2.24, 2.45) is 7.05 Å². The number of aryl methyl sites for hydroxylation is 2. The summed E-state index contributed by atoms with van der Waals surface area (Å²) in [6, 6.07) is 13.9. The number of ether oxygens (including phenoxy) is 1. The molecule has 27 heavy (non-hydrogen) atoms. The van der Waals surface area contributed by atoms with E-state index in [0.717, 1.165) is 16.9 Å². The summed E-state index contributed by atoms with van der Waals surface area (Å²) >= 11 is 0. The predicted octanol–water partition coefficient (Wildman–Crippen LogP) is 4.09. The van der Waals surface area contributed by atoms with E-state index in [-0.39, 0.29) is 5.91 Å². The van der Waals surface area contributed by atoms with Crippen LogP contribution in [-0.2, 0) is 18.4 Å². The molecule has 3 rings (SSSR count). The number of para-hydroxylation sites is 2. The average molecular weight is 365 g/mol. The summed E-state index contributed by atoms with van der Waals surface area (Å²) in [5.41, 5.74) is 4.44. The number of nitrogens with zero attached hydrogens (tertiary/aromatic N) is 2. The van der Waals surface area contributed by atoms with Crippen molar-refractivity contribution in [1.82, 2.24) is 14.9 Å². The minimum Gasteiger partial charge on any atom is -0.481 e. The van der Waals surface area contributed by atoms with Gasteiger partial charge in [0.25, 0.3) is 5.91 Å². The van der Waals surface area contributed by atoms with Gasteiger partial charge in [-0.3, -0.25) is 4.79 Å². The van der Waals surface area contributed by atoms with E-state index < -0.39 is 6.10 Å². The number of rotatable bonds is 6. The van der Waals surface area contributed by atoms with E-state index in [1.54, 1.807) is 6.92 Å². The van der Waals surface area contributed by atoms with Gasteiger partial charge in [0.15, 0.2) is 6.10 Å². The Bertz CT molecular complexity index is 959. The smallest absolute Gasteiger partial charge is 0.261 e. The molecule has 0 saturated carbocycles. The lowest BCUT2D eigenvalue weighted by Gasteiger charge is -2.17. The van der Waals surface area contributed by atoms with Crippen molar-refractivity contribution in [3.05, 3.63) is 59.4 Å². The Labute approximate surface area is 160 Å². The Hall–Kier alpha value is -2.82. The molecule has 3 aromatic rings. The van der Waals surface area contributed by atoms with Crippen LogP contribution >= 0.6 is 0 Å². The second-order valence-electron chi connectivity index (χ2n) is 7.23. The molecule has 0 fully saturated rings. The first-order valence-electron chi connectivity index (χ1n) is 9.32. The first kappa shape index (κ1) is 19.0. The summed E-state index contributed by atoms with van der Waals surface area (Å²) in [6.45, 7) is 8.53. The highest BCUT2D eigenvalue weighted by Gasteiger charge is 2.16. The molecular weight excluding hydrogens is 338 g/mol. The number of amides is 1. The molecule has 0 saturated heterocycles. The number of aromatic nitrogens is 2. The van der Waals surface area contributed by atoms with Crippen molar-refractivity contribution >= 4 is 16.9 Å². The number of imidazole rings is 1. The van der Waals surface area contributed by atoms with Gasteiger partial charge in [-0.25, -0.2) is 4.98 Å². The van der Waals surface area contributed by atoms with Crippen LogP contribution in [-0.4, -0.2) is 21.6 Å². The summed E-state index contributed by atoms with van der Waals surface area (Å²) < 4.78 is 7.83. The van der Waals surface area contributed by atoms with Crippen LogP contribution in [0, 0.1) is 6.92 Å². The molecule has 5 heteroatoms. The molecule has 1 unspecified atom stereocenters. The maximum absolute atomic E-state index is 12.4. The third-order valence-corrected chi connectivity index (χ3v) is 4.85. The second-order valence-corrected chi connectivity index (χ2v) is 7.23. The van der Waals surface area contributed by atoms with Gasteiger partial charge in [0.05, 0.1) is 17.6 Å². The monoisotopic (exact) mass is 365 g/mol. The Kier molecular flexibility index (Phi) is 5.49. The number of benzene rings is 2. The van der Waals surface area contributed by atoms with Crippen molar-refractivity contribution < 1.29 is 9.53 Å². The van der Waals surface area contributed by atoms with Crippen LogP contribution in [0.1, 0.15) is 43.6 Å². The van der Waals surface area contributed by atoms with Crippen LogP contribution in [0.2, 0.25) is 0 Å². The van der Waals surface area contributed by atoms with E-state index in [2.05, 4.69) is 37.1 Å². The molecule has 5 nitrogen and oxygen atoms in total. The fourth-order valence-electron chi connectivity index (χ4n) is 3.29. The Morgan fingerprint density at radius 1 is 1.19 bits per heavy atom. The largest absolute Gasteiger partial charge is 0.481 e. The normalized spacial score (nSPS) is 12.4. The average Bonchev–Trinajstić information content (AvgIpc) is 2.95. The molecule has 1 N–H and O–H groups in total. The first-order valence-corrected chi connectivity index (χ1v) is 9.32. The van der Waals surface area contributed by atoms with Gasteiger partial charge in [-0.15, -0.1) is 0 Å². The molecular formula is C22H27N3O2. The lowest BCUT2D eigenvalue weighted by Crippen LogP contribution is -2.36. The molecule has 2 aromatic carbocycles. The summed E-state index contributed by atoms with van der Waals surface area (Å²) in [7, 11) is 1.95. The van der Waals surface area contributed by atoms with Gasteiger partial charge < -0.3 is 14.6 Å². The number of carbonyl (C=O) groups is 1. The predicted molar refractivity (Wildman–Crippen MR) is 108 cm³/mol. The van der Waals surface area contributed by atoms with E-state index >= 15 is 0 Å². The molecule has 0 aliphatic carbocycles. The zero-order chi connectivity index (χ0) is 19.6. The Morgan fingerprint density at radius 2 is 1.93 bits per heavy atom. The summed E-state index contributed by atoms with van der Waals surface area (Å²) in [5, 5.41) is 2.92. The fourth-order valence-corrected chi connectivity index (χ4v) is 3.29. The van der Waals surface area contributed by atoms with E-state index in [9.17, 15) is 4.79 Å². The van der Waals surface area contributed by atoms with Crippen molar-refractivity contribution in [3.63, 3.8) is 0 Å². The van der Waals surface area contributed by atoms with Crippen molar-refractivity contribution in [2.45, 2.75) is 46.3 Å². The lowest BCUT2D eigenvalue weighted by atomic mass is 9.98. The molecule has 1 atom stereocenters. The Morgan fingerprint density at radius 3 is 2.59 bits per heavy atom. The Balaban J connectivity index is 1.62. The summed E-state index contributed by atoms with van der Waals surface area (Å²) in [5.74, 6) is 1.83. The van der Waals surface area contributed by atoms with Gasteiger partial charge in [0, 0.05) is 7.05 Å². The summed E-state index contributed by atoms with van der Waals surface area (Å²) in [6.07, 6.45) is -0.580. The van der Waals surface area contributed by atoms with Gasteiger partial charge in [0.1, 0.15) is 11.6 Å². The maximum atomic E-state index is 12.4. The van der Waals surface area contributed by atoms with Crippen LogP contribution in [0.15, 0.2) is 42.5 Å². The van der Waals surface area contributed by atoms with Crippen LogP contribution in [0.3, 0.4) is 0 Å². The van der Waals surface area contributed by atoms with Gasteiger partial charge >= 0.3 is 0 Å². The van der Waals surface area contributed by atoms with Gasteiger partial charge in [0.2, 0.25) is 0 Å². The van der Waals surface area contributed by atoms with E-state index in [1.165, 1.54) is 11.1 Å². The number of hydrogen-bond acceptors (Lipinski definition) is 3. The minimum absolute atomic E-state index is 0.160. The quantitative estimate of drug-likeness (QED) is 0.716. The molecule has 1 heterocycles. The van der Waals surface area contributed by atoms with Crippen molar-refractivity contribution in [2.75, 3.05) is 0 Å². The highest BCUT2D eigenvalue weighted by molar-refractivity contribution is 5.81. The fraction of sp³-hybridized carbons (Fsp3) is 0.364. The highest BCUT2D eigenvalue weighted by Crippen LogP contribution is 2.24. The molecule has 0 aliphatic heterocycles. The standard InChI is InChI=1S/C22H27N3O2/c1-14(2)18-11-10-17(12-15(18)3)27-16(4)22(26)23-13-21-24-19-8-6-7-9-20(19)25(21)5/h6-12,14,16H,13H2,1-5H3,(H,23,26). The zero-order valence-corrected chi connectivity index (χ0v) is 16.6. The van der Waals surface area contributed by atoms with Crippen LogP contribution in [0.4, 0.5) is 0 Å². The highest BCUT2D eigenvalue weighted by atomic mass is 16.5. The zero-order valence-electron chi connectivity index (χ0n) is 16.6. The number of nitrogens with one attached hydrogen (secondary N) is 1. The summed E-state index contributed by atoms with van der Waals surface area (Å²) in [4.78, 5) is 17.0. The molecule has 0 aliphatic rings. The molecule has 142 valence electrons. The van der Waals surface area contributed by atoms with Gasteiger partial charge in [-0.1, -0.05) is 32.0 Å². The van der Waals surface area contributed by atoms with E-state index in [1.807, 2.05) is 48.0 Å². The van der Waals surface area contributed by atoms with Gasteiger partial charge in [-0.05, 0) is 55.2 Å². The third-order valence-electron chi connectivity index (χ3n) is 4.85. The molecule has 1 amide bonds. The van der Waals surface area contributed by atoms with Crippen molar-refractivity contribution in [1.29, 1.82) is 0 Å². The SMILES string of the molecule is Cc1cc(OC(C)C(=O)NCc2nc3ccccc3n2C)ccc1C(C)C. The number of hydrogen-bond donors (Lipinski definition) is 1. The molecule has 0 radical (unpaired) electrons. The topological polar surface area (TPSA) is 56.1 Å². The maximum Gasteiger partial charge on any atom is 0.261 e. The van der Waals surface area contributed by atoms with Crippen molar-refractivity contribution in [3.8, 4) is 5.75 Å². The van der Waals surface area contributed by atoms with Gasteiger partial charge in [-0.2, -0.15) is 0 Å². The number of fused-ring (bicyclic) bond motifs is 1. The van der Waals surface area contributed by atoms with E-state index in [0.29, 0.717) is 18.2 Å². The molecule has 1 aromatic heterocycles. The lowest BCUT2D eigenvalue weighted by molar-refractivity contribution is -0.127.